The van der Waals surface area contributed by atoms with E-state index in [0.717, 1.165) is 19.4 Å². The van der Waals surface area contributed by atoms with Gasteiger partial charge in [-0.25, -0.2) is 0 Å². The molecule has 0 aromatic heterocycles. The lowest BCUT2D eigenvalue weighted by Gasteiger charge is -2.17. The van der Waals surface area contributed by atoms with Crippen molar-refractivity contribution in [1.82, 2.24) is 4.90 Å². The zero-order valence-electron chi connectivity index (χ0n) is 7.25. The highest BCUT2D eigenvalue weighted by molar-refractivity contribution is 5.38. The smallest absolute Gasteiger partial charge is 0.0701 e. The maximum absolute atomic E-state index is 8.75. The topological polar surface area (TPSA) is 27.0 Å². The van der Waals surface area contributed by atoms with Gasteiger partial charge in [0.05, 0.1) is 12.0 Å². The number of allylic oxidation sites excluding steroid dienone is 3. The van der Waals surface area contributed by atoms with Crippen LogP contribution in [0.4, 0.5) is 0 Å². The number of likely N-dealkylation sites (N-methyl/N-ethyl adjacent to an activating group) is 1. The van der Waals surface area contributed by atoms with E-state index in [1.165, 1.54) is 11.3 Å². The Kier molecular flexibility index (Phi) is 1.65. The van der Waals surface area contributed by atoms with Crippen LogP contribution < -0.4 is 0 Å². The zero-order chi connectivity index (χ0) is 8.55. The molecule has 1 aliphatic heterocycles. The molecule has 2 heteroatoms. The van der Waals surface area contributed by atoms with Gasteiger partial charge in [0.25, 0.3) is 0 Å². The first kappa shape index (κ1) is 7.42. The van der Waals surface area contributed by atoms with Crippen molar-refractivity contribution < 1.29 is 0 Å². The molecule has 1 unspecified atom stereocenters. The lowest BCUT2D eigenvalue weighted by atomic mass is 9.96. The van der Waals surface area contributed by atoms with Gasteiger partial charge in [0, 0.05) is 19.3 Å². The molecule has 2 rings (SSSR count). The number of likely N-dealkylation sites (tertiary alicyclic amines) is 1. The summed E-state index contributed by atoms with van der Waals surface area (Å²) in [5, 5.41) is 8.75. The molecule has 0 amide bonds. The summed E-state index contributed by atoms with van der Waals surface area (Å²) in [4.78, 5) is 2.23. The molecule has 1 fully saturated rings. The van der Waals surface area contributed by atoms with Crippen LogP contribution >= 0.6 is 0 Å². The van der Waals surface area contributed by atoms with Crippen LogP contribution in [0.5, 0.6) is 0 Å². The van der Waals surface area contributed by atoms with Crippen LogP contribution in [0.15, 0.2) is 23.4 Å². The van der Waals surface area contributed by atoms with Gasteiger partial charge in [-0.2, -0.15) is 5.26 Å². The normalized spacial score (nSPS) is 27.3. The van der Waals surface area contributed by atoms with Gasteiger partial charge in [-0.1, -0.05) is 6.08 Å². The predicted octanol–water partition coefficient (Wildman–Crippen LogP) is 1.68. The van der Waals surface area contributed by atoms with E-state index in [9.17, 15) is 0 Å². The largest absolute Gasteiger partial charge is 0.374 e. The van der Waals surface area contributed by atoms with Crippen molar-refractivity contribution in [1.29, 1.82) is 5.26 Å². The first-order valence-corrected chi connectivity index (χ1v) is 4.33. The predicted molar refractivity (Wildman–Crippen MR) is 47.1 cm³/mol. The zero-order valence-corrected chi connectivity index (χ0v) is 7.25. The lowest BCUT2D eigenvalue weighted by molar-refractivity contribution is 0.477. The van der Waals surface area contributed by atoms with Gasteiger partial charge in [-0.15, -0.1) is 0 Å². The van der Waals surface area contributed by atoms with Crippen LogP contribution in [0.3, 0.4) is 0 Å². The molecule has 0 aromatic carbocycles. The van der Waals surface area contributed by atoms with E-state index in [-0.39, 0.29) is 5.92 Å². The molecule has 0 radical (unpaired) electrons. The number of hydrogen-bond donors (Lipinski definition) is 0. The van der Waals surface area contributed by atoms with Gasteiger partial charge in [0.15, 0.2) is 0 Å². The summed E-state index contributed by atoms with van der Waals surface area (Å²) in [5.41, 5.74) is 2.72. The maximum atomic E-state index is 8.75. The molecule has 0 bridgehead atoms. The van der Waals surface area contributed by atoms with Crippen molar-refractivity contribution >= 4 is 0 Å². The first-order chi connectivity index (χ1) is 5.81. The second kappa shape index (κ2) is 2.67. The molecule has 2 aliphatic rings. The van der Waals surface area contributed by atoms with Gasteiger partial charge in [0.2, 0.25) is 0 Å². The molecule has 0 spiro atoms. The maximum Gasteiger partial charge on any atom is 0.0701 e. The Hall–Kier alpha value is -1.23. The summed E-state index contributed by atoms with van der Waals surface area (Å²) in [6, 6.07) is 2.29. The van der Waals surface area contributed by atoms with E-state index in [1.807, 2.05) is 0 Å². The number of hydrogen-bond acceptors (Lipinski definition) is 2. The van der Waals surface area contributed by atoms with E-state index in [4.69, 9.17) is 5.26 Å². The van der Waals surface area contributed by atoms with Gasteiger partial charge in [-0.3, -0.25) is 0 Å². The Balaban J connectivity index is 2.29. The average Bonchev–Trinajstić information content (AvgIpc) is 2.47. The highest BCUT2D eigenvalue weighted by Crippen LogP contribution is 2.31. The van der Waals surface area contributed by atoms with Crippen LogP contribution in [0.1, 0.15) is 12.8 Å². The minimum Gasteiger partial charge on any atom is -0.374 e. The molecule has 62 valence electrons. The monoisotopic (exact) mass is 160 g/mol. The van der Waals surface area contributed by atoms with Crippen LogP contribution in [0.25, 0.3) is 0 Å². The standard InChI is InChI=1S/C10H12N2/c1-12-5-4-9-3-2-8(7-11)6-10(9)12/h3,6,8H,2,4-5H2,1H3. The molecular weight excluding hydrogens is 148 g/mol. The van der Waals surface area contributed by atoms with Crippen molar-refractivity contribution in [2.45, 2.75) is 12.8 Å². The van der Waals surface area contributed by atoms with Crippen molar-refractivity contribution in [3.05, 3.63) is 23.4 Å². The number of fused-ring (bicyclic) bond motifs is 1. The Morgan fingerprint density at radius 1 is 1.67 bits per heavy atom. The van der Waals surface area contributed by atoms with Crippen molar-refractivity contribution in [2.75, 3.05) is 13.6 Å². The quantitative estimate of drug-likeness (QED) is 0.539. The summed E-state index contributed by atoms with van der Waals surface area (Å²) in [5.74, 6) is 0.101. The van der Waals surface area contributed by atoms with E-state index >= 15 is 0 Å². The van der Waals surface area contributed by atoms with Crippen molar-refractivity contribution in [3.8, 4) is 6.07 Å². The highest BCUT2D eigenvalue weighted by Gasteiger charge is 2.23. The summed E-state index contributed by atoms with van der Waals surface area (Å²) >= 11 is 0. The summed E-state index contributed by atoms with van der Waals surface area (Å²) in [7, 11) is 2.09. The Morgan fingerprint density at radius 3 is 3.25 bits per heavy atom. The summed E-state index contributed by atoms with van der Waals surface area (Å²) in [6.07, 6.45) is 6.37. The summed E-state index contributed by atoms with van der Waals surface area (Å²) in [6.45, 7) is 1.11. The Bertz CT molecular complexity index is 293. The second-order valence-electron chi connectivity index (χ2n) is 3.42. The van der Waals surface area contributed by atoms with Gasteiger partial charge < -0.3 is 4.90 Å². The van der Waals surface area contributed by atoms with Crippen molar-refractivity contribution in [3.63, 3.8) is 0 Å². The fourth-order valence-corrected chi connectivity index (χ4v) is 1.84. The third-order valence-electron chi connectivity index (χ3n) is 2.60. The second-order valence-corrected chi connectivity index (χ2v) is 3.42. The van der Waals surface area contributed by atoms with E-state index in [2.05, 4.69) is 30.2 Å². The van der Waals surface area contributed by atoms with Gasteiger partial charge >= 0.3 is 0 Å². The molecule has 1 aliphatic carbocycles. The molecule has 1 heterocycles. The number of nitriles is 1. The molecule has 2 nitrogen and oxygen atoms in total. The van der Waals surface area contributed by atoms with Gasteiger partial charge in [-0.05, 0) is 24.5 Å². The molecule has 0 aromatic rings. The number of nitrogens with zero attached hydrogens (tertiary/aromatic N) is 2. The fourth-order valence-electron chi connectivity index (χ4n) is 1.84. The van der Waals surface area contributed by atoms with Crippen LogP contribution in [-0.4, -0.2) is 18.5 Å². The van der Waals surface area contributed by atoms with Crippen LogP contribution in [-0.2, 0) is 0 Å². The molecule has 12 heavy (non-hydrogen) atoms. The van der Waals surface area contributed by atoms with E-state index in [1.54, 1.807) is 0 Å². The fraction of sp³-hybridized carbons (Fsp3) is 0.500. The van der Waals surface area contributed by atoms with Crippen LogP contribution in [0.2, 0.25) is 0 Å². The SMILES string of the molecule is CN1CCC2=CCC(C#N)C=C21. The third-order valence-corrected chi connectivity index (χ3v) is 2.60. The highest BCUT2D eigenvalue weighted by atomic mass is 15.1. The van der Waals surface area contributed by atoms with Crippen LogP contribution in [0, 0.1) is 17.2 Å². The average molecular weight is 160 g/mol. The molecule has 1 saturated heterocycles. The van der Waals surface area contributed by atoms with E-state index in [0.29, 0.717) is 0 Å². The van der Waals surface area contributed by atoms with Gasteiger partial charge in [0.1, 0.15) is 0 Å². The lowest BCUT2D eigenvalue weighted by Crippen LogP contribution is -2.13. The summed E-state index contributed by atoms with van der Waals surface area (Å²) < 4.78 is 0. The minimum atomic E-state index is 0.101. The molecule has 0 saturated carbocycles. The molecular formula is C10H12N2. The Labute approximate surface area is 72.8 Å². The van der Waals surface area contributed by atoms with Crippen molar-refractivity contribution in [2.24, 2.45) is 5.92 Å². The minimum absolute atomic E-state index is 0.101. The van der Waals surface area contributed by atoms with E-state index < -0.39 is 0 Å². The molecule has 1 atom stereocenters. The molecule has 0 N–H and O–H groups in total. The Morgan fingerprint density at radius 2 is 2.50 bits per heavy atom. The first-order valence-electron chi connectivity index (χ1n) is 4.33. The third kappa shape index (κ3) is 1.02. The number of rotatable bonds is 0.